The average Bonchev–Trinajstić information content (AvgIpc) is 2.89. The smallest absolute Gasteiger partial charge is 0.255 e. The summed E-state index contributed by atoms with van der Waals surface area (Å²) in [6.45, 7) is 15.6. The van der Waals surface area contributed by atoms with E-state index >= 15 is 0 Å². The van der Waals surface area contributed by atoms with Crippen LogP contribution in [-0.4, -0.2) is 54.2 Å². The molecule has 0 fully saturated rings. The zero-order valence-corrected chi connectivity index (χ0v) is 24.4. The molecule has 6 nitrogen and oxygen atoms in total. The Labute approximate surface area is 227 Å². The molecule has 0 saturated heterocycles. The molecule has 0 aliphatic carbocycles. The van der Waals surface area contributed by atoms with Crippen LogP contribution in [0.4, 0.5) is 0 Å². The Bertz CT molecular complexity index is 671. The molecule has 0 radical (unpaired) electrons. The topological polar surface area (TPSA) is 89.5 Å². The second-order valence-electron chi connectivity index (χ2n) is 10.3. The van der Waals surface area contributed by atoms with Crippen LogP contribution in [0.15, 0.2) is 24.3 Å². The van der Waals surface area contributed by atoms with Gasteiger partial charge in [0.1, 0.15) is 5.75 Å². The summed E-state index contributed by atoms with van der Waals surface area (Å²) in [6, 6.07) is 6.42. The Morgan fingerprint density at radius 2 is 1.19 bits per heavy atom. The number of nitrogens with one attached hydrogen (secondary N) is 1. The van der Waals surface area contributed by atoms with Gasteiger partial charge in [-0.25, -0.2) is 0 Å². The predicted octanol–water partition coefficient (Wildman–Crippen LogP) is 6.22. The number of unbranched alkanes of at least 4 members (excludes halogenated alkanes) is 8. The van der Waals surface area contributed by atoms with Crippen LogP contribution in [0.1, 0.15) is 128 Å². The molecule has 0 bridgehead atoms. The third kappa shape index (κ3) is 17.9. The molecule has 2 N–H and O–H groups in total. The molecular formula is C31H56N2O4. The molecule has 0 unspecified atom stereocenters. The van der Waals surface area contributed by atoms with Crippen molar-refractivity contribution in [3.63, 3.8) is 0 Å². The van der Waals surface area contributed by atoms with Crippen molar-refractivity contribution < 1.29 is 24.3 Å². The number of aliphatic carboxylic acids is 1. The first-order valence-corrected chi connectivity index (χ1v) is 15.0. The molecule has 37 heavy (non-hydrogen) atoms. The summed E-state index contributed by atoms with van der Waals surface area (Å²) in [7, 11) is 0. The van der Waals surface area contributed by atoms with E-state index in [0.717, 1.165) is 25.7 Å². The summed E-state index contributed by atoms with van der Waals surface area (Å²) in [4.78, 5) is 21.9. The molecule has 0 spiro atoms. The van der Waals surface area contributed by atoms with Gasteiger partial charge in [0.2, 0.25) is 0 Å². The van der Waals surface area contributed by atoms with Crippen LogP contribution in [0.5, 0.6) is 5.75 Å². The maximum Gasteiger partial charge on any atom is 0.255 e. The number of carbonyl (C=O) groups is 2. The summed E-state index contributed by atoms with van der Waals surface area (Å²) in [5.74, 6) is -1.30. The van der Waals surface area contributed by atoms with Crippen molar-refractivity contribution in [2.75, 3.05) is 32.7 Å². The molecule has 1 amide bonds. The van der Waals surface area contributed by atoms with Crippen molar-refractivity contribution >= 4 is 11.9 Å². The fraction of sp³-hybridized carbons (Fsp3) is 0.742. The maximum atomic E-state index is 11.7. The van der Waals surface area contributed by atoms with E-state index in [1.54, 1.807) is 18.2 Å². The van der Waals surface area contributed by atoms with Gasteiger partial charge in [0.25, 0.3) is 5.91 Å². The van der Waals surface area contributed by atoms with Gasteiger partial charge in [0, 0.05) is 12.5 Å². The molecule has 0 heterocycles. The maximum absolute atomic E-state index is 11.7. The van der Waals surface area contributed by atoms with Gasteiger partial charge in [-0.3, -0.25) is 4.79 Å². The predicted molar refractivity (Wildman–Crippen MR) is 153 cm³/mol. The van der Waals surface area contributed by atoms with Gasteiger partial charge in [-0.1, -0.05) is 84.8 Å². The van der Waals surface area contributed by atoms with Crippen LogP contribution in [0, 0.1) is 0 Å². The number of aromatic hydroxyl groups is 1. The lowest BCUT2D eigenvalue weighted by Gasteiger charge is -2.39. The van der Waals surface area contributed by atoms with Crippen molar-refractivity contribution in [2.45, 2.75) is 118 Å². The van der Waals surface area contributed by atoms with E-state index in [4.69, 9.17) is 0 Å². The summed E-state index contributed by atoms with van der Waals surface area (Å²) in [6.07, 6.45) is 15.4. The lowest BCUT2D eigenvalue weighted by Crippen LogP contribution is -2.50. The lowest BCUT2D eigenvalue weighted by molar-refractivity contribution is -0.929. The normalized spacial score (nSPS) is 11.0. The van der Waals surface area contributed by atoms with Crippen LogP contribution >= 0.6 is 0 Å². The number of para-hydroxylation sites is 1. The molecule has 0 aliphatic rings. The monoisotopic (exact) mass is 520 g/mol. The zero-order chi connectivity index (χ0) is 27.8. The number of phenolic OH excluding ortho intramolecular Hbond substituents is 1. The van der Waals surface area contributed by atoms with Crippen molar-refractivity contribution in [1.29, 1.82) is 0 Å². The Morgan fingerprint density at radius 1 is 0.730 bits per heavy atom. The van der Waals surface area contributed by atoms with Crippen LogP contribution in [-0.2, 0) is 4.79 Å². The number of rotatable bonds is 21. The second kappa shape index (κ2) is 23.1. The Morgan fingerprint density at radius 3 is 1.65 bits per heavy atom. The number of carbonyl (C=O) groups excluding carboxylic acids is 2. The van der Waals surface area contributed by atoms with E-state index < -0.39 is 5.97 Å². The van der Waals surface area contributed by atoms with Crippen molar-refractivity contribution in [1.82, 2.24) is 5.32 Å². The fourth-order valence-electron chi connectivity index (χ4n) is 4.53. The third-order valence-electron chi connectivity index (χ3n) is 6.94. The number of hydrogen-bond donors (Lipinski definition) is 2. The van der Waals surface area contributed by atoms with E-state index in [1.165, 1.54) is 88.1 Å². The summed E-state index contributed by atoms with van der Waals surface area (Å²) < 4.78 is 1.42. The highest BCUT2D eigenvalue weighted by atomic mass is 16.4. The zero-order valence-electron chi connectivity index (χ0n) is 24.4. The number of nitrogens with zero attached hydrogens (tertiary/aromatic N) is 1. The highest BCUT2D eigenvalue weighted by Gasteiger charge is 2.24. The van der Waals surface area contributed by atoms with Crippen LogP contribution in [0.2, 0.25) is 0 Å². The van der Waals surface area contributed by atoms with E-state index in [1.807, 2.05) is 0 Å². The third-order valence-corrected chi connectivity index (χ3v) is 6.94. The summed E-state index contributed by atoms with van der Waals surface area (Å²) in [5.41, 5.74) is 0.279. The van der Waals surface area contributed by atoms with Crippen molar-refractivity contribution in [2.24, 2.45) is 0 Å². The first-order chi connectivity index (χ1) is 17.9. The van der Waals surface area contributed by atoms with Crippen molar-refractivity contribution in [3.8, 4) is 5.75 Å². The molecule has 214 valence electrons. The molecule has 0 atom stereocenters. The van der Waals surface area contributed by atoms with Gasteiger partial charge in [0.05, 0.1) is 31.7 Å². The lowest BCUT2D eigenvalue weighted by atomic mass is 10.1. The molecule has 0 aliphatic heterocycles. The second-order valence-corrected chi connectivity index (χ2v) is 10.3. The fourth-order valence-corrected chi connectivity index (χ4v) is 4.53. The summed E-state index contributed by atoms with van der Waals surface area (Å²) >= 11 is 0. The number of carboxylic acids is 1. The minimum Gasteiger partial charge on any atom is -0.550 e. The Balaban J connectivity index is 0.000000712. The van der Waals surface area contributed by atoms with E-state index in [2.05, 4.69) is 33.0 Å². The number of hydrogen-bond acceptors (Lipinski definition) is 4. The highest BCUT2D eigenvalue weighted by molar-refractivity contribution is 5.96. The standard InChI is InChI=1S/C16H36N.C15H21NO4/c1-5-9-13-17(14-10-6-2,15-11-7-3)16-12-8-4;17-13-9-6-5-8-12(13)15(20)16-11-7-3-1-2-4-10-14(18)19/h5-16H2,1-4H3;5-6,8-9,17H,1-4,7,10-11H2,(H,16,20)(H,18,19)/q+1;/p-1. The number of amides is 1. The number of quaternary nitrogens is 1. The van der Waals surface area contributed by atoms with Gasteiger partial charge in [-0.2, -0.15) is 0 Å². The van der Waals surface area contributed by atoms with E-state index in [0.29, 0.717) is 13.0 Å². The van der Waals surface area contributed by atoms with Gasteiger partial charge in [0.15, 0.2) is 0 Å². The van der Waals surface area contributed by atoms with Gasteiger partial charge < -0.3 is 24.8 Å². The van der Waals surface area contributed by atoms with E-state index in [-0.39, 0.29) is 23.6 Å². The molecular weight excluding hydrogens is 464 g/mol. The summed E-state index contributed by atoms with van der Waals surface area (Å²) in [5, 5.41) is 22.5. The van der Waals surface area contributed by atoms with Crippen LogP contribution in [0.25, 0.3) is 0 Å². The number of carboxylic acid groups (broad SMARTS) is 1. The first-order valence-electron chi connectivity index (χ1n) is 15.0. The molecule has 1 rings (SSSR count). The van der Waals surface area contributed by atoms with Gasteiger partial charge >= 0.3 is 0 Å². The number of phenols is 1. The average molecular weight is 521 g/mol. The molecule has 1 aromatic carbocycles. The SMILES string of the molecule is CCCC[N+](CCCC)(CCCC)CCCC.O=C([O-])CCCCCCCNC(=O)c1ccccc1O. The van der Waals surface area contributed by atoms with Crippen molar-refractivity contribution in [3.05, 3.63) is 29.8 Å². The Hall–Kier alpha value is -2.08. The molecule has 0 saturated carbocycles. The Kier molecular flexibility index (Phi) is 21.8. The number of benzene rings is 1. The minimum absolute atomic E-state index is 0.0210. The quantitative estimate of drug-likeness (QED) is 0.149. The van der Waals surface area contributed by atoms with Crippen LogP contribution in [0.3, 0.4) is 0 Å². The molecule has 6 heteroatoms. The largest absolute Gasteiger partial charge is 0.550 e. The van der Waals surface area contributed by atoms with Gasteiger partial charge in [-0.05, 0) is 57.1 Å². The minimum atomic E-state index is -1.00. The molecule has 0 aromatic heterocycles. The highest BCUT2D eigenvalue weighted by Crippen LogP contribution is 2.17. The first kappa shape index (κ1) is 34.9. The molecule has 1 aromatic rings. The van der Waals surface area contributed by atoms with Gasteiger partial charge in [-0.15, -0.1) is 0 Å². The van der Waals surface area contributed by atoms with Crippen LogP contribution < -0.4 is 10.4 Å². The van der Waals surface area contributed by atoms with E-state index in [9.17, 15) is 19.8 Å².